The molecule has 2 rings (SSSR count). The van der Waals surface area contributed by atoms with E-state index in [4.69, 9.17) is 0 Å². The number of Topliss-reactive ketones (excluding diaryl/α,β-unsaturated/α-hetero) is 1. The van der Waals surface area contributed by atoms with Crippen LogP contribution in [0.1, 0.15) is 17.3 Å². The van der Waals surface area contributed by atoms with E-state index >= 15 is 0 Å². The van der Waals surface area contributed by atoms with Gasteiger partial charge in [-0.05, 0) is 25.1 Å². The summed E-state index contributed by atoms with van der Waals surface area (Å²) in [4.78, 5) is 23.4. The average Bonchev–Trinajstić information content (AvgIpc) is 2.53. The van der Waals surface area contributed by atoms with Gasteiger partial charge in [0.25, 0.3) is 0 Å². The second-order valence-corrected chi connectivity index (χ2v) is 5.46. The number of alkyl halides is 1. The molecule has 1 unspecified atom stereocenters. The van der Waals surface area contributed by atoms with Gasteiger partial charge in [-0.2, -0.15) is 0 Å². The number of carbonyl (C=O) groups excluding carboxylic acids is 1. The van der Waals surface area contributed by atoms with Crippen molar-refractivity contribution in [2.75, 3.05) is 0 Å². The van der Waals surface area contributed by atoms with Gasteiger partial charge < -0.3 is 0 Å². The number of fused-ring (bicyclic) bond motifs is 1. The van der Waals surface area contributed by atoms with E-state index in [2.05, 4.69) is 15.9 Å². The van der Waals surface area contributed by atoms with Crippen molar-refractivity contribution >= 4 is 32.7 Å². The van der Waals surface area contributed by atoms with E-state index in [0.717, 1.165) is 11.0 Å². The zero-order valence-electron chi connectivity index (χ0n) is 9.90. The Hall–Kier alpha value is -1.36. The Kier molecular flexibility index (Phi) is 2.95. The minimum atomic E-state index is -0.222. The summed E-state index contributed by atoms with van der Waals surface area (Å²) in [5.41, 5.74) is 2.13. The Bertz CT molecular complexity index is 652. The lowest BCUT2D eigenvalue weighted by Crippen LogP contribution is -2.19. The quantitative estimate of drug-likeness (QED) is 0.627. The van der Waals surface area contributed by atoms with Crippen LogP contribution in [0.15, 0.2) is 23.0 Å². The van der Waals surface area contributed by atoms with Gasteiger partial charge in [0.05, 0.1) is 15.9 Å². The molecule has 0 bridgehead atoms. The van der Waals surface area contributed by atoms with Crippen molar-refractivity contribution in [1.29, 1.82) is 0 Å². The maximum Gasteiger partial charge on any atom is 0.328 e. The maximum atomic E-state index is 11.9. The van der Waals surface area contributed by atoms with Crippen molar-refractivity contribution in [1.82, 2.24) is 9.13 Å². The van der Waals surface area contributed by atoms with Crippen LogP contribution < -0.4 is 5.69 Å². The molecule has 0 radical (unpaired) electrons. The van der Waals surface area contributed by atoms with Gasteiger partial charge in [-0.25, -0.2) is 4.79 Å². The highest BCUT2D eigenvalue weighted by Gasteiger charge is 2.14. The number of hydrogen-bond acceptors (Lipinski definition) is 2. The molecule has 90 valence electrons. The molecular weight excluding hydrogens is 284 g/mol. The van der Waals surface area contributed by atoms with Crippen LogP contribution in [0.2, 0.25) is 0 Å². The van der Waals surface area contributed by atoms with Crippen molar-refractivity contribution in [2.45, 2.75) is 11.8 Å². The molecule has 0 spiro atoms. The van der Waals surface area contributed by atoms with Crippen LogP contribution in [-0.4, -0.2) is 19.7 Å². The fraction of sp³-hybridized carbons (Fsp3) is 0.333. The summed E-state index contributed by atoms with van der Waals surface area (Å²) in [6, 6.07) is 5.32. The number of halogens is 1. The highest BCUT2D eigenvalue weighted by molar-refractivity contribution is 9.10. The summed E-state index contributed by atoms with van der Waals surface area (Å²) in [6.45, 7) is 1.79. The predicted molar refractivity (Wildman–Crippen MR) is 70.9 cm³/mol. The summed E-state index contributed by atoms with van der Waals surface area (Å²) in [7, 11) is 3.43. The van der Waals surface area contributed by atoms with Crippen molar-refractivity contribution in [3.8, 4) is 0 Å². The zero-order chi connectivity index (χ0) is 12.7. The number of hydrogen-bond donors (Lipinski definition) is 0. The third-order valence-corrected chi connectivity index (χ3v) is 3.33. The molecule has 5 heteroatoms. The first-order valence-corrected chi connectivity index (χ1v) is 6.19. The van der Waals surface area contributed by atoms with Crippen LogP contribution >= 0.6 is 15.9 Å². The van der Waals surface area contributed by atoms with E-state index in [0.29, 0.717) is 5.56 Å². The number of nitrogens with zero attached hydrogens (tertiary/aromatic N) is 2. The van der Waals surface area contributed by atoms with E-state index in [1.165, 1.54) is 0 Å². The third-order valence-electron chi connectivity index (χ3n) is 2.92. The first-order valence-electron chi connectivity index (χ1n) is 5.27. The number of aromatic nitrogens is 2. The van der Waals surface area contributed by atoms with Crippen molar-refractivity contribution in [2.24, 2.45) is 14.1 Å². The van der Waals surface area contributed by atoms with Crippen molar-refractivity contribution in [3.05, 3.63) is 34.2 Å². The van der Waals surface area contributed by atoms with Crippen LogP contribution in [0.25, 0.3) is 11.0 Å². The van der Waals surface area contributed by atoms with Crippen LogP contribution in [0.5, 0.6) is 0 Å². The van der Waals surface area contributed by atoms with Crippen LogP contribution in [-0.2, 0) is 14.1 Å². The minimum Gasteiger partial charge on any atom is -0.295 e. The molecule has 0 amide bonds. The number of carbonyl (C=O) groups is 1. The Labute approximate surface area is 107 Å². The highest BCUT2D eigenvalue weighted by atomic mass is 79.9. The summed E-state index contributed by atoms with van der Waals surface area (Å²) in [5.74, 6) is 0.0169. The van der Waals surface area contributed by atoms with Gasteiger partial charge in [0.2, 0.25) is 0 Å². The standard InChI is InChI=1S/C12H13BrN2O2/c1-7(13)11(16)8-4-5-9-10(6-8)15(3)12(17)14(9)2/h4-7H,1-3H3. The molecule has 1 atom stereocenters. The fourth-order valence-corrected chi connectivity index (χ4v) is 2.15. The molecule has 1 aromatic heterocycles. The lowest BCUT2D eigenvalue weighted by Gasteiger charge is -2.03. The Morgan fingerprint density at radius 3 is 2.41 bits per heavy atom. The molecule has 4 nitrogen and oxygen atoms in total. The van der Waals surface area contributed by atoms with Crippen molar-refractivity contribution < 1.29 is 4.79 Å². The van der Waals surface area contributed by atoms with Gasteiger partial charge in [-0.3, -0.25) is 13.9 Å². The van der Waals surface area contributed by atoms with Crippen LogP contribution in [0.3, 0.4) is 0 Å². The van der Waals surface area contributed by atoms with E-state index in [-0.39, 0.29) is 16.3 Å². The number of ketones is 1. The first-order chi connectivity index (χ1) is 7.93. The third kappa shape index (κ3) is 1.84. The number of imidazole rings is 1. The minimum absolute atomic E-state index is 0.0169. The maximum absolute atomic E-state index is 11.9. The Balaban J connectivity index is 2.71. The normalized spacial score (nSPS) is 12.9. The number of benzene rings is 1. The lowest BCUT2D eigenvalue weighted by molar-refractivity contribution is 0.0996. The molecule has 0 aliphatic rings. The van der Waals surface area contributed by atoms with Crippen LogP contribution in [0, 0.1) is 0 Å². The molecule has 0 N–H and O–H groups in total. The van der Waals surface area contributed by atoms with Gasteiger partial charge in [0, 0.05) is 19.7 Å². The molecule has 0 aliphatic carbocycles. The van der Waals surface area contributed by atoms with E-state index < -0.39 is 0 Å². The molecule has 0 aliphatic heterocycles. The molecular formula is C12H13BrN2O2. The molecule has 0 saturated carbocycles. The predicted octanol–water partition coefficient (Wildman–Crippen LogP) is 1.84. The average molecular weight is 297 g/mol. The summed E-state index contributed by atoms with van der Waals surface area (Å²) >= 11 is 3.26. The van der Waals surface area contributed by atoms with Gasteiger partial charge >= 0.3 is 5.69 Å². The largest absolute Gasteiger partial charge is 0.328 e. The molecule has 1 heterocycles. The van der Waals surface area contributed by atoms with Gasteiger partial charge in [-0.15, -0.1) is 0 Å². The molecule has 0 saturated heterocycles. The van der Waals surface area contributed by atoms with Crippen molar-refractivity contribution in [3.63, 3.8) is 0 Å². The Morgan fingerprint density at radius 1 is 1.24 bits per heavy atom. The SMILES string of the molecule is CC(Br)C(=O)c1ccc2c(c1)n(C)c(=O)n2C. The lowest BCUT2D eigenvalue weighted by atomic mass is 10.1. The Morgan fingerprint density at radius 2 is 1.82 bits per heavy atom. The van der Waals surface area contributed by atoms with Gasteiger partial charge in [0.1, 0.15) is 0 Å². The number of aryl methyl sites for hydroxylation is 2. The second kappa shape index (κ2) is 4.14. The first kappa shape index (κ1) is 12.1. The van der Waals surface area contributed by atoms with E-state index in [9.17, 15) is 9.59 Å². The summed E-state index contributed by atoms with van der Waals surface area (Å²) in [6.07, 6.45) is 0. The zero-order valence-corrected chi connectivity index (χ0v) is 11.5. The van der Waals surface area contributed by atoms with Gasteiger partial charge in [-0.1, -0.05) is 15.9 Å². The highest BCUT2D eigenvalue weighted by Crippen LogP contribution is 2.17. The molecule has 1 aromatic carbocycles. The fourth-order valence-electron chi connectivity index (χ4n) is 1.89. The molecule has 17 heavy (non-hydrogen) atoms. The van der Waals surface area contributed by atoms with Gasteiger partial charge in [0.15, 0.2) is 5.78 Å². The van der Waals surface area contributed by atoms with E-state index in [1.54, 1.807) is 48.4 Å². The summed E-state index contributed by atoms with van der Waals surface area (Å²) in [5, 5.41) is 0. The smallest absolute Gasteiger partial charge is 0.295 e. The molecule has 2 aromatic rings. The van der Waals surface area contributed by atoms with E-state index in [1.807, 2.05) is 0 Å². The topological polar surface area (TPSA) is 44.0 Å². The summed E-state index contributed by atoms with van der Waals surface area (Å²) < 4.78 is 3.12. The van der Waals surface area contributed by atoms with Crippen LogP contribution in [0.4, 0.5) is 0 Å². The monoisotopic (exact) mass is 296 g/mol. The second-order valence-electron chi connectivity index (χ2n) is 4.08. The molecule has 0 fully saturated rings. The number of rotatable bonds is 2.